The Hall–Kier alpha value is -0.730. The molecule has 2 heteroatoms. The molecule has 1 aliphatic heterocycles. The SMILES string of the molecule is OC1C=C(CC2Cc3ccccc3S2)CCC1. The zero-order valence-corrected chi connectivity index (χ0v) is 10.7. The second kappa shape index (κ2) is 4.87. The lowest BCUT2D eigenvalue weighted by Gasteiger charge is -2.19. The van der Waals surface area contributed by atoms with Crippen LogP contribution < -0.4 is 0 Å². The molecular formula is C15H18OS. The molecule has 1 nitrogen and oxygen atoms in total. The molecule has 2 aliphatic rings. The first-order chi connectivity index (χ1) is 8.31. The van der Waals surface area contributed by atoms with Gasteiger partial charge in [-0.3, -0.25) is 0 Å². The van der Waals surface area contributed by atoms with Crippen molar-refractivity contribution in [1.29, 1.82) is 0 Å². The minimum absolute atomic E-state index is 0.187. The van der Waals surface area contributed by atoms with Crippen LogP contribution in [-0.2, 0) is 6.42 Å². The summed E-state index contributed by atoms with van der Waals surface area (Å²) in [6, 6.07) is 8.72. The van der Waals surface area contributed by atoms with E-state index in [2.05, 4.69) is 30.3 Å². The molecule has 17 heavy (non-hydrogen) atoms. The van der Waals surface area contributed by atoms with Crippen LogP contribution in [0.2, 0.25) is 0 Å². The first-order valence-corrected chi connectivity index (χ1v) is 7.31. The molecule has 1 heterocycles. The summed E-state index contributed by atoms with van der Waals surface area (Å²) >= 11 is 2.01. The highest BCUT2D eigenvalue weighted by Crippen LogP contribution is 2.40. The molecule has 1 aromatic carbocycles. The van der Waals surface area contributed by atoms with Crippen LogP contribution in [0.1, 0.15) is 31.2 Å². The summed E-state index contributed by atoms with van der Waals surface area (Å²) in [7, 11) is 0. The van der Waals surface area contributed by atoms with Gasteiger partial charge in [0, 0.05) is 10.1 Å². The Bertz CT molecular complexity index is 413. The molecule has 0 saturated carbocycles. The zero-order valence-electron chi connectivity index (χ0n) is 9.93. The molecule has 0 bridgehead atoms. The number of rotatable bonds is 2. The Labute approximate surface area is 107 Å². The molecule has 0 amide bonds. The summed E-state index contributed by atoms with van der Waals surface area (Å²) in [5.74, 6) is 0. The number of hydrogen-bond acceptors (Lipinski definition) is 2. The lowest BCUT2D eigenvalue weighted by molar-refractivity contribution is 0.201. The smallest absolute Gasteiger partial charge is 0.0723 e. The lowest BCUT2D eigenvalue weighted by Crippen LogP contribution is -2.12. The summed E-state index contributed by atoms with van der Waals surface area (Å²) in [6.45, 7) is 0. The Morgan fingerprint density at radius 2 is 2.18 bits per heavy atom. The molecule has 90 valence electrons. The number of benzene rings is 1. The van der Waals surface area contributed by atoms with E-state index in [0.717, 1.165) is 19.3 Å². The van der Waals surface area contributed by atoms with Gasteiger partial charge >= 0.3 is 0 Å². The van der Waals surface area contributed by atoms with Crippen LogP contribution in [0, 0.1) is 0 Å². The molecule has 1 aromatic rings. The Balaban J connectivity index is 1.66. The maximum atomic E-state index is 9.64. The van der Waals surface area contributed by atoms with Crippen LogP contribution >= 0.6 is 11.8 Å². The standard InChI is InChI=1S/C15H18OS/c16-13-6-3-4-11(8-13)9-14-10-12-5-1-2-7-15(12)17-14/h1-2,5,7-8,13-14,16H,3-4,6,9-10H2. The van der Waals surface area contributed by atoms with E-state index in [4.69, 9.17) is 0 Å². The van der Waals surface area contributed by atoms with Crippen molar-refractivity contribution in [2.24, 2.45) is 0 Å². The molecule has 2 atom stereocenters. The largest absolute Gasteiger partial charge is 0.389 e. The molecule has 0 aromatic heterocycles. The molecule has 3 rings (SSSR count). The minimum Gasteiger partial charge on any atom is -0.389 e. The second-order valence-electron chi connectivity index (χ2n) is 5.04. The van der Waals surface area contributed by atoms with Crippen LogP contribution in [0.25, 0.3) is 0 Å². The lowest BCUT2D eigenvalue weighted by atomic mass is 9.93. The normalized spacial score (nSPS) is 27.7. The molecule has 0 radical (unpaired) electrons. The highest BCUT2D eigenvalue weighted by atomic mass is 32.2. The van der Waals surface area contributed by atoms with Crippen molar-refractivity contribution in [2.45, 2.75) is 48.4 Å². The van der Waals surface area contributed by atoms with Gasteiger partial charge in [-0.2, -0.15) is 0 Å². The maximum Gasteiger partial charge on any atom is 0.0723 e. The van der Waals surface area contributed by atoms with Crippen LogP contribution in [0.3, 0.4) is 0 Å². The third-order valence-electron chi connectivity index (χ3n) is 3.63. The van der Waals surface area contributed by atoms with E-state index in [-0.39, 0.29) is 6.10 Å². The minimum atomic E-state index is -0.187. The van der Waals surface area contributed by atoms with Crippen molar-refractivity contribution < 1.29 is 5.11 Å². The predicted octanol–water partition coefficient (Wildman–Crippen LogP) is 3.56. The van der Waals surface area contributed by atoms with Gasteiger partial charge in [-0.1, -0.05) is 29.8 Å². The van der Waals surface area contributed by atoms with Crippen molar-refractivity contribution in [3.8, 4) is 0 Å². The van der Waals surface area contributed by atoms with Crippen molar-refractivity contribution in [3.05, 3.63) is 41.5 Å². The van der Waals surface area contributed by atoms with E-state index < -0.39 is 0 Å². The third-order valence-corrected chi connectivity index (χ3v) is 4.95. The zero-order chi connectivity index (χ0) is 11.7. The van der Waals surface area contributed by atoms with Gasteiger partial charge in [0.1, 0.15) is 0 Å². The van der Waals surface area contributed by atoms with Gasteiger partial charge in [0.2, 0.25) is 0 Å². The highest BCUT2D eigenvalue weighted by molar-refractivity contribution is 8.00. The Morgan fingerprint density at radius 1 is 1.29 bits per heavy atom. The van der Waals surface area contributed by atoms with Crippen molar-refractivity contribution in [3.63, 3.8) is 0 Å². The fourth-order valence-corrected chi connectivity index (χ4v) is 4.19. The van der Waals surface area contributed by atoms with Crippen molar-refractivity contribution in [2.75, 3.05) is 0 Å². The van der Waals surface area contributed by atoms with Gasteiger partial charge in [0.15, 0.2) is 0 Å². The van der Waals surface area contributed by atoms with Gasteiger partial charge in [0.25, 0.3) is 0 Å². The Kier molecular flexibility index (Phi) is 3.26. The molecule has 1 N–H and O–H groups in total. The van der Waals surface area contributed by atoms with Gasteiger partial charge in [-0.05, 0) is 43.7 Å². The van der Waals surface area contributed by atoms with E-state index in [1.807, 2.05) is 11.8 Å². The predicted molar refractivity (Wildman–Crippen MR) is 72.3 cm³/mol. The van der Waals surface area contributed by atoms with E-state index in [1.54, 1.807) is 0 Å². The molecule has 0 fully saturated rings. The molecule has 1 aliphatic carbocycles. The molecule has 0 spiro atoms. The quantitative estimate of drug-likeness (QED) is 0.805. The van der Waals surface area contributed by atoms with E-state index in [9.17, 15) is 5.11 Å². The summed E-state index contributed by atoms with van der Waals surface area (Å²) in [4.78, 5) is 1.45. The van der Waals surface area contributed by atoms with E-state index in [0.29, 0.717) is 5.25 Å². The van der Waals surface area contributed by atoms with Crippen LogP contribution in [0.5, 0.6) is 0 Å². The second-order valence-corrected chi connectivity index (χ2v) is 6.38. The fourth-order valence-electron chi connectivity index (χ4n) is 2.81. The number of aliphatic hydroxyl groups excluding tert-OH is 1. The Morgan fingerprint density at radius 3 is 3.00 bits per heavy atom. The van der Waals surface area contributed by atoms with Crippen LogP contribution in [-0.4, -0.2) is 16.5 Å². The monoisotopic (exact) mass is 246 g/mol. The van der Waals surface area contributed by atoms with Crippen molar-refractivity contribution >= 4 is 11.8 Å². The van der Waals surface area contributed by atoms with Crippen LogP contribution in [0.4, 0.5) is 0 Å². The average Bonchev–Trinajstić information content (AvgIpc) is 2.71. The molecule has 2 unspecified atom stereocenters. The third kappa shape index (κ3) is 2.58. The first-order valence-electron chi connectivity index (χ1n) is 6.43. The summed E-state index contributed by atoms with van der Waals surface area (Å²) in [6.07, 6.45) is 7.52. The van der Waals surface area contributed by atoms with Gasteiger partial charge in [-0.25, -0.2) is 0 Å². The number of fused-ring (bicyclic) bond motifs is 1. The molecular weight excluding hydrogens is 228 g/mol. The van der Waals surface area contributed by atoms with Gasteiger partial charge < -0.3 is 5.11 Å². The van der Waals surface area contributed by atoms with E-state index in [1.165, 1.54) is 28.9 Å². The summed E-state index contributed by atoms with van der Waals surface area (Å²) < 4.78 is 0. The van der Waals surface area contributed by atoms with E-state index >= 15 is 0 Å². The summed E-state index contributed by atoms with van der Waals surface area (Å²) in [5.41, 5.74) is 2.97. The van der Waals surface area contributed by atoms with Gasteiger partial charge in [0.05, 0.1) is 6.10 Å². The number of hydrogen-bond donors (Lipinski definition) is 1. The summed E-state index contributed by atoms with van der Waals surface area (Å²) in [5, 5.41) is 10.3. The number of aliphatic hydroxyl groups is 1. The van der Waals surface area contributed by atoms with Crippen molar-refractivity contribution in [1.82, 2.24) is 0 Å². The van der Waals surface area contributed by atoms with Gasteiger partial charge in [-0.15, -0.1) is 11.8 Å². The topological polar surface area (TPSA) is 20.2 Å². The maximum absolute atomic E-state index is 9.64. The average molecular weight is 246 g/mol. The fraction of sp³-hybridized carbons (Fsp3) is 0.467. The highest BCUT2D eigenvalue weighted by Gasteiger charge is 2.23. The first kappa shape index (κ1) is 11.4. The number of allylic oxidation sites excluding steroid dienone is 1. The molecule has 0 saturated heterocycles. The number of thioether (sulfide) groups is 1. The van der Waals surface area contributed by atoms with Crippen LogP contribution in [0.15, 0.2) is 40.8 Å².